The lowest BCUT2D eigenvalue weighted by Gasteiger charge is -2.22. The monoisotopic (exact) mass is 562 g/mol. The molecule has 0 fully saturated rings. The zero-order chi connectivity index (χ0) is 27.8. The highest BCUT2D eigenvalue weighted by atomic mass is 35.5. The summed E-state index contributed by atoms with van der Waals surface area (Å²) >= 11 is 5.96. The molecular weight excluding hydrogens is 536 g/mol. The number of aromatic nitrogens is 1. The molecule has 2 amide bonds. The Morgan fingerprint density at radius 1 is 0.872 bits per heavy atom. The molecule has 1 aromatic heterocycles. The van der Waals surface area contributed by atoms with Crippen molar-refractivity contribution < 1.29 is 18.0 Å². The number of hydrogen-bond acceptors (Lipinski definition) is 5. The highest BCUT2D eigenvalue weighted by Gasteiger charge is 2.26. The summed E-state index contributed by atoms with van der Waals surface area (Å²) in [5.41, 5.74) is 2.47. The molecule has 0 spiro atoms. The van der Waals surface area contributed by atoms with Crippen LogP contribution in [0, 0.1) is 0 Å². The molecular formula is C29H27ClN4O4S. The Morgan fingerprint density at radius 2 is 1.54 bits per heavy atom. The Kier molecular flexibility index (Phi) is 9.08. The van der Waals surface area contributed by atoms with Crippen LogP contribution in [0.25, 0.3) is 0 Å². The van der Waals surface area contributed by atoms with E-state index in [9.17, 15) is 18.0 Å². The van der Waals surface area contributed by atoms with Crippen LogP contribution in [0.1, 0.15) is 29.8 Å². The van der Waals surface area contributed by atoms with E-state index >= 15 is 0 Å². The number of hydrogen-bond donors (Lipinski definition) is 2. The van der Waals surface area contributed by atoms with E-state index < -0.39 is 22.0 Å². The summed E-state index contributed by atoms with van der Waals surface area (Å²) in [4.78, 5) is 29.1. The first-order valence-corrected chi connectivity index (χ1v) is 13.9. The molecule has 3 aromatic carbocycles. The quantitative estimate of drug-likeness (QED) is 0.284. The van der Waals surface area contributed by atoms with Gasteiger partial charge < -0.3 is 10.6 Å². The molecule has 10 heteroatoms. The van der Waals surface area contributed by atoms with Crippen LogP contribution in [0.4, 0.5) is 5.69 Å². The van der Waals surface area contributed by atoms with Crippen molar-refractivity contribution >= 4 is 39.1 Å². The summed E-state index contributed by atoms with van der Waals surface area (Å²) < 4.78 is 28.4. The second-order valence-corrected chi connectivity index (χ2v) is 11.2. The fourth-order valence-corrected chi connectivity index (χ4v) is 5.44. The van der Waals surface area contributed by atoms with Gasteiger partial charge in [0.1, 0.15) is 6.04 Å². The standard InChI is InChI=1S/C29H27ClN4O4S/c1-21(35)32-28(23-7-3-2-4-8-23)29(36)33-25-14-10-22(11-15-25)19-34(20-26-9-5-6-18-31-26)39(37,38)27-16-12-24(30)13-17-27/h2-18,28H,19-20H2,1H3,(H,32,35)(H,33,36). The summed E-state index contributed by atoms with van der Waals surface area (Å²) in [6.45, 7) is 1.50. The number of sulfonamides is 1. The molecule has 0 saturated carbocycles. The molecule has 200 valence electrons. The minimum atomic E-state index is -3.87. The smallest absolute Gasteiger partial charge is 0.251 e. The molecule has 0 bridgehead atoms. The lowest BCUT2D eigenvalue weighted by Crippen LogP contribution is -2.35. The number of anilines is 1. The van der Waals surface area contributed by atoms with Crippen LogP contribution in [-0.2, 0) is 32.7 Å². The minimum Gasteiger partial charge on any atom is -0.341 e. The van der Waals surface area contributed by atoms with Gasteiger partial charge >= 0.3 is 0 Å². The first-order chi connectivity index (χ1) is 18.7. The Balaban J connectivity index is 1.53. The SMILES string of the molecule is CC(=O)NC(C(=O)Nc1ccc(CN(Cc2ccccn2)S(=O)(=O)c2ccc(Cl)cc2)cc1)c1ccccc1. The van der Waals surface area contributed by atoms with Crippen molar-refractivity contribution in [1.82, 2.24) is 14.6 Å². The van der Waals surface area contributed by atoms with E-state index in [1.165, 1.54) is 35.5 Å². The van der Waals surface area contributed by atoms with Gasteiger partial charge in [0.25, 0.3) is 5.91 Å². The number of halogens is 1. The van der Waals surface area contributed by atoms with E-state index in [4.69, 9.17) is 11.6 Å². The van der Waals surface area contributed by atoms with Crippen LogP contribution in [0.3, 0.4) is 0 Å². The first kappa shape index (κ1) is 28.0. The summed E-state index contributed by atoms with van der Waals surface area (Å²) in [6.07, 6.45) is 1.61. The van der Waals surface area contributed by atoms with Crippen molar-refractivity contribution in [1.29, 1.82) is 0 Å². The Morgan fingerprint density at radius 3 is 2.15 bits per heavy atom. The molecule has 8 nitrogen and oxygen atoms in total. The Labute approximate surface area is 232 Å². The predicted molar refractivity (Wildman–Crippen MR) is 150 cm³/mol. The number of nitrogens with one attached hydrogen (secondary N) is 2. The molecule has 1 unspecified atom stereocenters. The van der Waals surface area contributed by atoms with Crippen LogP contribution in [0.2, 0.25) is 5.02 Å². The fourth-order valence-electron chi connectivity index (χ4n) is 3.91. The van der Waals surface area contributed by atoms with E-state index in [1.54, 1.807) is 72.9 Å². The lowest BCUT2D eigenvalue weighted by atomic mass is 10.1. The zero-order valence-corrected chi connectivity index (χ0v) is 22.7. The second-order valence-electron chi connectivity index (χ2n) is 8.78. The summed E-state index contributed by atoms with van der Waals surface area (Å²) in [5, 5.41) is 5.93. The molecule has 0 aliphatic carbocycles. The maximum absolute atomic E-state index is 13.5. The molecule has 0 radical (unpaired) electrons. The van der Waals surface area contributed by atoms with Crippen LogP contribution >= 0.6 is 11.6 Å². The first-order valence-electron chi connectivity index (χ1n) is 12.1. The van der Waals surface area contributed by atoms with E-state index in [2.05, 4.69) is 15.6 Å². The van der Waals surface area contributed by atoms with Crippen LogP contribution in [-0.4, -0.2) is 29.5 Å². The number of pyridine rings is 1. The number of amides is 2. The van der Waals surface area contributed by atoms with Gasteiger partial charge in [-0.3, -0.25) is 14.6 Å². The Hall–Kier alpha value is -4.05. The number of nitrogens with zero attached hydrogens (tertiary/aromatic N) is 2. The van der Waals surface area contributed by atoms with E-state index in [0.717, 1.165) is 0 Å². The van der Waals surface area contributed by atoms with E-state index in [0.29, 0.717) is 27.5 Å². The lowest BCUT2D eigenvalue weighted by molar-refractivity contribution is -0.125. The third-order valence-corrected chi connectivity index (χ3v) is 7.90. The molecule has 1 heterocycles. The number of rotatable bonds is 10. The van der Waals surface area contributed by atoms with E-state index in [1.807, 2.05) is 6.07 Å². The van der Waals surface area contributed by atoms with Crippen molar-refractivity contribution in [3.05, 3.63) is 125 Å². The minimum absolute atomic E-state index is 0.0692. The summed E-state index contributed by atoms with van der Waals surface area (Å²) in [5.74, 6) is -0.726. The third-order valence-electron chi connectivity index (χ3n) is 5.84. The molecule has 39 heavy (non-hydrogen) atoms. The maximum Gasteiger partial charge on any atom is 0.251 e. The van der Waals surface area contributed by atoms with Gasteiger partial charge in [0.05, 0.1) is 17.1 Å². The van der Waals surface area contributed by atoms with Crippen LogP contribution in [0.5, 0.6) is 0 Å². The van der Waals surface area contributed by atoms with Gasteiger partial charge in [-0.1, -0.05) is 60.1 Å². The average molecular weight is 563 g/mol. The molecule has 0 saturated heterocycles. The number of carbonyl (C=O) groups is 2. The molecule has 4 aromatic rings. The fraction of sp³-hybridized carbons (Fsp3) is 0.138. The number of benzene rings is 3. The highest BCUT2D eigenvalue weighted by Crippen LogP contribution is 2.23. The van der Waals surface area contributed by atoms with Gasteiger partial charge in [0, 0.05) is 30.4 Å². The number of carbonyl (C=O) groups excluding carboxylic acids is 2. The normalized spacial score (nSPS) is 12.1. The van der Waals surface area contributed by atoms with Gasteiger partial charge in [-0.15, -0.1) is 0 Å². The van der Waals surface area contributed by atoms with Gasteiger partial charge in [-0.25, -0.2) is 8.42 Å². The van der Waals surface area contributed by atoms with Gasteiger partial charge in [0.15, 0.2) is 0 Å². The van der Waals surface area contributed by atoms with Crippen LogP contribution in [0.15, 0.2) is 108 Å². The predicted octanol–water partition coefficient (Wildman–Crippen LogP) is 4.94. The maximum atomic E-state index is 13.5. The average Bonchev–Trinajstić information content (AvgIpc) is 2.93. The van der Waals surface area contributed by atoms with E-state index in [-0.39, 0.29) is 23.9 Å². The topological polar surface area (TPSA) is 108 Å². The third kappa shape index (κ3) is 7.51. The van der Waals surface area contributed by atoms with Crippen molar-refractivity contribution in [2.24, 2.45) is 0 Å². The van der Waals surface area contributed by atoms with Gasteiger partial charge in [-0.2, -0.15) is 4.31 Å². The van der Waals surface area contributed by atoms with Crippen molar-refractivity contribution in [2.45, 2.75) is 31.0 Å². The van der Waals surface area contributed by atoms with Crippen molar-refractivity contribution in [2.75, 3.05) is 5.32 Å². The molecule has 0 aliphatic rings. The molecule has 1 atom stereocenters. The zero-order valence-electron chi connectivity index (χ0n) is 21.1. The molecule has 4 rings (SSSR count). The Bertz CT molecular complexity index is 1520. The summed E-state index contributed by atoms with van der Waals surface area (Å²) in [6, 6.07) is 26.3. The molecule has 2 N–H and O–H groups in total. The van der Waals surface area contributed by atoms with Crippen molar-refractivity contribution in [3.63, 3.8) is 0 Å². The summed E-state index contributed by atoms with van der Waals surface area (Å²) in [7, 11) is -3.87. The highest BCUT2D eigenvalue weighted by molar-refractivity contribution is 7.89. The second kappa shape index (κ2) is 12.7. The van der Waals surface area contributed by atoms with Gasteiger partial charge in [-0.05, 0) is 59.7 Å². The van der Waals surface area contributed by atoms with Crippen LogP contribution < -0.4 is 10.6 Å². The molecule has 0 aliphatic heterocycles. The largest absolute Gasteiger partial charge is 0.341 e. The van der Waals surface area contributed by atoms with Crippen molar-refractivity contribution in [3.8, 4) is 0 Å². The van der Waals surface area contributed by atoms with Gasteiger partial charge in [0.2, 0.25) is 15.9 Å².